The Bertz CT molecular complexity index is 725. The van der Waals surface area contributed by atoms with E-state index in [1.165, 1.54) is 25.7 Å². The van der Waals surface area contributed by atoms with Gasteiger partial charge in [0, 0.05) is 6.42 Å². The summed E-state index contributed by atoms with van der Waals surface area (Å²) >= 11 is 0. The molecule has 0 aromatic carbocycles. The quantitative estimate of drug-likeness (QED) is 0.473. The number of carbonyl (C=O) groups excluding carboxylic acids is 1. The maximum atomic E-state index is 12.4. The van der Waals surface area contributed by atoms with E-state index in [4.69, 9.17) is 0 Å². The Morgan fingerprint density at radius 3 is 2.39 bits per heavy atom. The van der Waals surface area contributed by atoms with Crippen molar-refractivity contribution in [3.05, 3.63) is 0 Å². The first kappa shape index (κ1) is 25.4. The molecule has 0 unspecified atom stereocenters. The predicted molar refractivity (Wildman–Crippen MR) is 130 cm³/mol. The molecule has 0 spiro atoms. The van der Waals surface area contributed by atoms with E-state index in [0.29, 0.717) is 41.9 Å². The van der Waals surface area contributed by atoms with Crippen molar-refractivity contribution < 1.29 is 20.1 Å². The zero-order valence-electron chi connectivity index (χ0n) is 21.6. The third kappa shape index (κ3) is 4.51. The Hall–Kier alpha value is -0.650. The van der Waals surface area contributed by atoms with Crippen LogP contribution in [0.15, 0.2) is 0 Å². The van der Waals surface area contributed by atoms with Gasteiger partial charge in [0.1, 0.15) is 0 Å². The number of hydrogen-bond acceptors (Lipinski definition) is 4. The van der Waals surface area contributed by atoms with Crippen molar-refractivity contribution in [3.8, 4) is 0 Å². The molecule has 4 rings (SSSR count). The Labute approximate surface area is 201 Å². The fraction of sp³-hybridized carbons (Fsp3) is 0.964. The lowest BCUT2D eigenvalue weighted by molar-refractivity contribution is -0.174. The number of carbonyl (C=O) groups is 1. The topological polar surface area (TPSA) is 89.8 Å². The summed E-state index contributed by atoms with van der Waals surface area (Å²) in [7, 11) is 0. The fourth-order valence-corrected chi connectivity index (χ4v) is 9.21. The number of rotatable bonds is 6. The summed E-state index contributed by atoms with van der Waals surface area (Å²) in [5.41, 5.74) is -0.0467. The molecule has 5 nitrogen and oxygen atoms in total. The van der Waals surface area contributed by atoms with Crippen molar-refractivity contribution in [2.24, 2.45) is 46.3 Å². The van der Waals surface area contributed by atoms with E-state index in [9.17, 15) is 20.1 Å². The molecule has 5 heteroatoms. The van der Waals surface area contributed by atoms with Crippen LogP contribution in [0.5, 0.6) is 0 Å². The van der Waals surface area contributed by atoms with Gasteiger partial charge in [0.25, 0.3) is 0 Å². The smallest absolute Gasteiger partial charge is 0.220 e. The van der Waals surface area contributed by atoms with E-state index in [0.717, 1.165) is 32.1 Å². The molecule has 4 N–H and O–H groups in total. The highest BCUT2D eigenvalue weighted by molar-refractivity contribution is 5.76. The minimum atomic E-state index is -0.566. The first-order valence-electron chi connectivity index (χ1n) is 13.7. The van der Waals surface area contributed by atoms with E-state index in [1.54, 1.807) is 0 Å². The second-order valence-corrected chi connectivity index (χ2v) is 13.6. The molecule has 4 fully saturated rings. The van der Waals surface area contributed by atoms with Crippen LogP contribution in [0.3, 0.4) is 0 Å². The van der Waals surface area contributed by atoms with Crippen molar-refractivity contribution in [3.63, 3.8) is 0 Å². The van der Waals surface area contributed by atoms with E-state index in [1.807, 2.05) is 13.8 Å². The van der Waals surface area contributed by atoms with Crippen LogP contribution in [0.2, 0.25) is 0 Å². The average molecular weight is 464 g/mol. The van der Waals surface area contributed by atoms with Gasteiger partial charge >= 0.3 is 0 Å². The summed E-state index contributed by atoms with van der Waals surface area (Å²) in [5, 5.41) is 34.0. The number of fused-ring (bicyclic) bond motifs is 5. The van der Waals surface area contributed by atoms with Crippen LogP contribution in [0, 0.1) is 46.3 Å². The summed E-state index contributed by atoms with van der Waals surface area (Å²) in [6.45, 7) is 10.9. The molecule has 4 saturated carbocycles. The molecule has 0 aromatic heterocycles. The molecule has 0 bridgehead atoms. The van der Waals surface area contributed by atoms with Crippen molar-refractivity contribution in [2.45, 2.75) is 117 Å². The minimum Gasteiger partial charge on any atom is -0.394 e. The monoisotopic (exact) mass is 463 g/mol. The van der Waals surface area contributed by atoms with Gasteiger partial charge in [-0.2, -0.15) is 0 Å². The maximum Gasteiger partial charge on any atom is 0.220 e. The van der Waals surface area contributed by atoms with Crippen LogP contribution < -0.4 is 5.32 Å². The van der Waals surface area contributed by atoms with E-state index in [2.05, 4.69) is 26.1 Å². The first-order chi connectivity index (χ1) is 15.4. The number of aliphatic hydroxyl groups excluding tert-OH is 3. The molecular weight excluding hydrogens is 414 g/mol. The lowest BCUT2D eigenvalue weighted by Crippen LogP contribution is -2.58. The molecule has 4 aliphatic carbocycles. The first-order valence-corrected chi connectivity index (χ1v) is 13.7. The second-order valence-electron chi connectivity index (χ2n) is 13.6. The van der Waals surface area contributed by atoms with E-state index >= 15 is 0 Å². The normalized spacial score (nSPS) is 46.1. The molecule has 0 aromatic rings. The second kappa shape index (κ2) is 9.09. The van der Waals surface area contributed by atoms with Gasteiger partial charge in [-0.1, -0.05) is 20.8 Å². The van der Waals surface area contributed by atoms with Crippen LogP contribution in [0.25, 0.3) is 0 Å². The van der Waals surface area contributed by atoms with Crippen molar-refractivity contribution >= 4 is 5.91 Å². The van der Waals surface area contributed by atoms with Crippen LogP contribution in [-0.4, -0.2) is 45.6 Å². The van der Waals surface area contributed by atoms with Gasteiger partial charge in [-0.05, 0) is 118 Å². The Balaban J connectivity index is 1.44. The van der Waals surface area contributed by atoms with Gasteiger partial charge in [0.05, 0.1) is 24.4 Å². The molecule has 190 valence electrons. The van der Waals surface area contributed by atoms with Crippen LogP contribution >= 0.6 is 0 Å². The van der Waals surface area contributed by atoms with Gasteiger partial charge in [0.2, 0.25) is 5.91 Å². The number of nitrogens with one attached hydrogen (secondary N) is 1. The molecule has 0 heterocycles. The Morgan fingerprint density at radius 1 is 1.03 bits per heavy atom. The Kier molecular flexibility index (Phi) is 7.01. The summed E-state index contributed by atoms with van der Waals surface area (Å²) < 4.78 is 0. The summed E-state index contributed by atoms with van der Waals surface area (Å²) in [4.78, 5) is 12.4. The van der Waals surface area contributed by atoms with Gasteiger partial charge in [0.15, 0.2) is 0 Å². The highest BCUT2D eigenvalue weighted by atomic mass is 16.3. The highest BCUT2D eigenvalue weighted by Gasteiger charge is 2.62. The number of aliphatic hydroxyl groups is 3. The average Bonchev–Trinajstić information content (AvgIpc) is 3.10. The molecule has 33 heavy (non-hydrogen) atoms. The SMILES string of the molecule is C[C@H](CCC(=O)NC(C)(C)CO)[C@H]1CC[C@H]2[C@@H]3[C@H](O)C[C@@H]4C[C@H](O)CC[C@]4(C)[C@H]3CC[C@]12C. The fourth-order valence-electron chi connectivity index (χ4n) is 9.21. The lowest BCUT2D eigenvalue weighted by Gasteiger charge is -2.62. The third-order valence-electron chi connectivity index (χ3n) is 11.1. The van der Waals surface area contributed by atoms with Gasteiger partial charge in [-0.3, -0.25) is 4.79 Å². The van der Waals surface area contributed by atoms with Gasteiger partial charge < -0.3 is 20.6 Å². The van der Waals surface area contributed by atoms with Gasteiger partial charge in [-0.15, -0.1) is 0 Å². The highest BCUT2D eigenvalue weighted by Crippen LogP contribution is 2.68. The predicted octanol–water partition coefficient (Wildman–Crippen LogP) is 4.28. The molecule has 0 aliphatic heterocycles. The summed E-state index contributed by atoms with van der Waals surface area (Å²) in [6, 6.07) is 0. The minimum absolute atomic E-state index is 0.0328. The Morgan fingerprint density at radius 2 is 1.70 bits per heavy atom. The third-order valence-corrected chi connectivity index (χ3v) is 11.1. The van der Waals surface area contributed by atoms with Crippen molar-refractivity contribution in [1.82, 2.24) is 5.32 Å². The van der Waals surface area contributed by atoms with E-state index < -0.39 is 5.54 Å². The van der Waals surface area contributed by atoms with Gasteiger partial charge in [-0.25, -0.2) is 0 Å². The molecule has 0 radical (unpaired) electrons. The largest absolute Gasteiger partial charge is 0.394 e. The van der Waals surface area contributed by atoms with E-state index in [-0.39, 0.29) is 35.6 Å². The van der Waals surface area contributed by atoms with Crippen molar-refractivity contribution in [1.29, 1.82) is 0 Å². The summed E-state index contributed by atoms with van der Waals surface area (Å²) in [6.07, 6.45) is 9.58. The number of amides is 1. The standard InChI is InChI=1S/C28H49NO4/c1-17(6-9-24(33)29-26(2,3)16-30)20-7-8-21-25-22(11-13-28(20,21)5)27(4)12-10-19(31)14-18(27)15-23(25)32/h17-23,25,30-32H,6-16H2,1-5H3,(H,29,33)/t17-,18+,19-,20-,21+,22+,23-,25+,27+,28-/m1/s1. The number of hydrogen-bond donors (Lipinski definition) is 4. The molecule has 4 aliphatic rings. The molecule has 0 saturated heterocycles. The summed E-state index contributed by atoms with van der Waals surface area (Å²) in [5.74, 6) is 3.13. The molecular formula is C28H49NO4. The molecule has 1 amide bonds. The van der Waals surface area contributed by atoms with Crippen LogP contribution in [0.4, 0.5) is 0 Å². The zero-order chi connectivity index (χ0) is 24.2. The van der Waals surface area contributed by atoms with Crippen molar-refractivity contribution in [2.75, 3.05) is 6.61 Å². The van der Waals surface area contributed by atoms with Crippen LogP contribution in [0.1, 0.15) is 98.8 Å². The lowest BCUT2D eigenvalue weighted by atomic mass is 9.43. The van der Waals surface area contributed by atoms with Crippen LogP contribution in [-0.2, 0) is 4.79 Å². The zero-order valence-corrected chi connectivity index (χ0v) is 21.6. The maximum absolute atomic E-state index is 12.4. The molecule has 10 atom stereocenters.